The van der Waals surface area contributed by atoms with Gasteiger partial charge in [0.15, 0.2) is 0 Å². The van der Waals surface area contributed by atoms with Gasteiger partial charge in [0.05, 0.1) is 11.0 Å². The number of aromatic nitrogens is 2. The zero-order valence-corrected chi connectivity index (χ0v) is 12.8. The standard InChI is InChI=1S/C17H25N3/c1-16(2,3)15-19-13-8-7-12(11-14(13)20-15)17(18)9-5-4-6-10-17/h7-8,11H,4-6,9-10,18H2,1-3H3,(H,19,20). The number of nitrogens with two attached hydrogens (primary N) is 1. The van der Waals surface area contributed by atoms with Crippen LogP contribution >= 0.6 is 0 Å². The third-order valence-electron chi connectivity index (χ3n) is 4.51. The molecule has 3 N–H and O–H groups in total. The van der Waals surface area contributed by atoms with Crippen molar-refractivity contribution in [1.82, 2.24) is 9.97 Å². The first-order valence-corrected chi connectivity index (χ1v) is 7.68. The third-order valence-corrected chi connectivity index (χ3v) is 4.51. The lowest BCUT2D eigenvalue weighted by Gasteiger charge is -2.33. The number of hydrogen-bond donors (Lipinski definition) is 2. The van der Waals surface area contributed by atoms with Gasteiger partial charge in [-0.15, -0.1) is 0 Å². The molecular formula is C17H25N3. The van der Waals surface area contributed by atoms with Crippen LogP contribution < -0.4 is 5.73 Å². The second-order valence-corrected chi connectivity index (χ2v) is 7.28. The Morgan fingerprint density at radius 2 is 1.85 bits per heavy atom. The molecule has 3 heteroatoms. The van der Waals surface area contributed by atoms with Crippen molar-refractivity contribution in [3.8, 4) is 0 Å². The average molecular weight is 271 g/mol. The summed E-state index contributed by atoms with van der Waals surface area (Å²) < 4.78 is 0. The minimum atomic E-state index is -0.139. The summed E-state index contributed by atoms with van der Waals surface area (Å²) in [5.74, 6) is 1.04. The Hall–Kier alpha value is -1.35. The van der Waals surface area contributed by atoms with Crippen molar-refractivity contribution in [3.05, 3.63) is 29.6 Å². The molecule has 1 aromatic carbocycles. The smallest absolute Gasteiger partial charge is 0.112 e. The minimum absolute atomic E-state index is 0.0461. The van der Waals surface area contributed by atoms with Crippen LogP contribution in [0.4, 0.5) is 0 Å². The Labute approximate surface area is 121 Å². The molecule has 20 heavy (non-hydrogen) atoms. The van der Waals surface area contributed by atoms with E-state index in [9.17, 15) is 0 Å². The molecule has 0 spiro atoms. The zero-order chi connectivity index (χ0) is 14.4. The Morgan fingerprint density at radius 1 is 1.15 bits per heavy atom. The molecule has 1 heterocycles. The highest BCUT2D eigenvalue weighted by Crippen LogP contribution is 2.36. The fourth-order valence-corrected chi connectivity index (χ4v) is 3.15. The number of hydrogen-bond acceptors (Lipinski definition) is 2. The van der Waals surface area contributed by atoms with Gasteiger partial charge < -0.3 is 10.7 Å². The third kappa shape index (κ3) is 2.35. The van der Waals surface area contributed by atoms with E-state index in [0.29, 0.717) is 0 Å². The van der Waals surface area contributed by atoms with Gasteiger partial charge in [0.25, 0.3) is 0 Å². The van der Waals surface area contributed by atoms with Crippen molar-refractivity contribution >= 4 is 11.0 Å². The fourth-order valence-electron chi connectivity index (χ4n) is 3.15. The van der Waals surface area contributed by atoms with E-state index in [2.05, 4.69) is 44.0 Å². The maximum atomic E-state index is 6.63. The van der Waals surface area contributed by atoms with E-state index in [0.717, 1.165) is 29.7 Å². The Bertz CT molecular complexity index is 613. The van der Waals surface area contributed by atoms with E-state index in [-0.39, 0.29) is 11.0 Å². The van der Waals surface area contributed by atoms with Gasteiger partial charge in [0, 0.05) is 11.0 Å². The van der Waals surface area contributed by atoms with Crippen molar-refractivity contribution in [3.63, 3.8) is 0 Å². The van der Waals surface area contributed by atoms with E-state index < -0.39 is 0 Å². The lowest BCUT2D eigenvalue weighted by atomic mass is 9.77. The summed E-state index contributed by atoms with van der Waals surface area (Å²) in [6.07, 6.45) is 5.99. The molecule has 1 saturated carbocycles. The molecule has 1 fully saturated rings. The molecule has 1 aliphatic rings. The number of fused-ring (bicyclic) bond motifs is 1. The molecule has 0 radical (unpaired) electrons. The van der Waals surface area contributed by atoms with Crippen LogP contribution in [0.5, 0.6) is 0 Å². The van der Waals surface area contributed by atoms with Gasteiger partial charge in [-0.3, -0.25) is 0 Å². The van der Waals surface area contributed by atoms with E-state index in [4.69, 9.17) is 10.7 Å². The lowest BCUT2D eigenvalue weighted by molar-refractivity contribution is 0.302. The van der Waals surface area contributed by atoms with Gasteiger partial charge in [-0.2, -0.15) is 0 Å². The number of aromatic amines is 1. The Morgan fingerprint density at radius 3 is 2.50 bits per heavy atom. The quantitative estimate of drug-likeness (QED) is 0.824. The van der Waals surface area contributed by atoms with Crippen molar-refractivity contribution in [1.29, 1.82) is 0 Å². The first-order chi connectivity index (χ1) is 9.38. The molecule has 0 saturated heterocycles. The predicted octanol–water partition coefficient (Wildman–Crippen LogP) is 3.98. The first-order valence-electron chi connectivity index (χ1n) is 7.68. The van der Waals surface area contributed by atoms with Gasteiger partial charge in [-0.1, -0.05) is 46.1 Å². The minimum Gasteiger partial charge on any atom is -0.342 e. The Balaban J connectivity index is 2.02. The monoisotopic (exact) mass is 271 g/mol. The second kappa shape index (κ2) is 4.59. The van der Waals surface area contributed by atoms with E-state index in [1.54, 1.807) is 0 Å². The summed E-state index contributed by atoms with van der Waals surface area (Å²) in [4.78, 5) is 8.16. The summed E-state index contributed by atoms with van der Waals surface area (Å²) in [6.45, 7) is 6.53. The van der Waals surface area contributed by atoms with Gasteiger partial charge in [0.1, 0.15) is 5.82 Å². The van der Waals surface area contributed by atoms with Crippen LogP contribution in [0.25, 0.3) is 11.0 Å². The number of rotatable bonds is 1. The molecule has 3 nitrogen and oxygen atoms in total. The van der Waals surface area contributed by atoms with E-state index in [1.165, 1.54) is 24.8 Å². The first kappa shape index (κ1) is 13.6. The van der Waals surface area contributed by atoms with Crippen molar-refractivity contribution in [2.75, 3.05) is 0 Å². The SMILES string of the molecule is CC(C)(C)c1nc2ccc(C3(N)CCCCC3)cc2[nH]1. The highest BCUT2D eigenvalue weighted by atomic mass is 14.9. The number of imidazole rings is 1. The maximum absolute atomic E-state index is 6.63. The van der Waals surface area contributed by atoms with Crippen LogP contribution in [0.2, 0.25) is 0 Å². The van der Waals surface area contributed by atoms with Crippen LogP contribution in [-0.4, -0.2) is 9.97 Å². The highest BCUT2D eigenvalue weighted by molar-refractivity contribution is 5.76. The van der Waals surface area contributed by atoms with Gasteiger partial charge in [-0.05, 0) is 30.5 Å². The van der Waals surface area contributed by atoms with Gasteiger partial charge in [-0.25, -0.2) is 4.98 Å². The summed E-state index contributed by atoms with van der Waals surface area (Å²) in [5.41, 5.74) is 9.95. The number of H-pyrrole nitrogens is 1. The normalized spacial score (nSPS) is 19.4. The summed E-state index contributed by atoms with van der Waals surface area (Å²) >= 11 is 0. The van der Waals surface area contributed by atoms with E-state index >= 15 is 0 Å². The maximum Gasteiger partial charge on any atom is 0.112 e. The molecule has 1 aliphatic carbocycles. The largest absolute Gasteiger partial charge is 0.342 e. The van der Waals surface area contributed by atoms with Crippen LogP contribution in [-0.2, 0) is 11.0 Å². The molecule has 3 rings (SSSR count). The average Bonchev–Trinajstić information content (AvgIpc) is 2.82. The van der Waals surface area contributed by atoms with Gasteiger partial charge in [0.2, 0.25) is 0 Å². The fraction of sp³-hybridized carbons (Fsp3) is 0.588. The van der Waals surface area contributed by atoms with Crippen LogP contribution in [0, 0.1) is 0 Å². The van der Waals surface area contributed by atoms with Crippen molar-refractivity contribution in [2.24, 2.45) is 5.73 Å². The summed E-state index contributed by atoms with van der Waals surface area (Å²) in [7, 11) is 0. The molecule has 0 atom stereocenters. The molecule has 0 unspecified atom stereocenters. The number of nitrogens with zero attached hydrogens (tertiary/aromatic N) is 1. The molecule has 0 bridgehead atoms. The Kier molecular flexibility index (Phi) is 3.13. The van der Waals surface area contributed by atoms with Crippen molar-refractivity contribution < 1.29 is 0 Å². The second-order valence-electron chi connectivity index (χ2n) is 7.28. The molecule has 0 amide bonds. The highest BCUT2D eigenvalue weighted by Gasteiger charge is 2.29. The number of nitrogens with one attached hydrogen (secondary N) is 1. The molecule has 0 aliphatic heterocycles. The van der Waals surface area contributed by atoms with Crippen LogP contribution in [0.3, 0.4) is 0 Å². The van der Waals surface area contributed by atoms with E-state index in [1.807, 2.05) is 0 Å². The molecule has 1 aromatic heterocycles. The molecule has 108 valence electrons. The number of benzene rings is 1. The molecular weight excluding hydrogens is 246 g/mol. The summed E-state index contributed by atoms with van der Waals surface area (Å²) in [5, 5.41) is 0. The molecule has 2 aromatic rings. The van der Waals surface area contributed by atoms with Crippen LogP contribution in [0.15, 0.2) is 18.2 Å². The van der Waals surface area contributed by atoms with Crippen molar-refractivity contribution in [2.45, 2.75) is 63.8 Å². The zero-order valence-electron chi connectivity index (χ0n) is 12.8. The van der Waals surface area contributed by atoms with Gasteiger partial charge >= 0.3 is 0 Å². The summed E-state index contributed by atoms with van der Waals surface area (Å²) in [6, 6.07) is 6.49. The predicted molar refractivity (Wildman–Crippen MR) is 83.7 cm³/mol. The topological polar surface area (TPSA) is 54.7 Å². The van der Waals surface area contributed by atoms with Crippen LogP contribution in [0.1, 0.15) is 64.3 Å². The lowest BCUT2D eigenvalue weighted by Crippen LogP contribution is -2.38.